The van der Waals surface area contributed by atoms with Gasteiger partial charge < -0.3 is 42.9 Å². The van der Waals surface area contributed by atoms with Crippen molar-refractivity contribution >= 4 is 0 Å². The summed E-state index contributed by atoms with van der Waals surface area (Å²) in [5.74, 6) is 0. The highest BCUT2D eigenvalue weighted by Gasteiger charge is 2.25. The number of likely N-dealkylation sites (tertiary alicyclic amines) is 2. The van der Waals surface area contributed by atoms with Crippen LogP contribution in [-0.4, -0.2) is 62.3 Å². The molecular formula is C18H38Br2N2. The van der Waals surface area contributed by atoms with E-state index in [1.54, 1.807) is 0 Å². The lowest BCUT2D eigenvalue weighted by atomic mass is 10.1. The third kappa shape index (κ3) is 8.12. The first-order valence-electron chi connectivity index (χ1n) is 9.29. The molecule has 0 aromatic carbocycles. The topological polar surface area (TPSA) is 0 Å². The molecule has 0 bridgehead atoms. The van der Waals surface area contributed by atoms with E-state index in [4.69, 9.17) is 0 Å². The highest BCUT2D eigenvalue weighted by Crippen LogP contribution is 2.19. The summed E-state index contributed by atoms with van der Waals surface area (Å²) in [6.45, 7) is 8.63. The lowest BCUT2D eigenvalue weighted by molar-refractivity contribution is -0.914. The molecule has 0 radical (unpaired) electrons. The Balaban J connectivity index is 0.00000220. The molecule has 0 saturated carbocycles. The van der Waals surface area contributed by atoms with Crippen molar-refractivity contribution in [3.63, 3.8) is 0 Å². The Morgan fingerprint density at radius 1 is 0.500 bits per heavy atom. The van der Waals surface area contributed by atoms with Gasteiger partial charge in [0.2, 0.25) is 0 Å². The second-order valence-corrected chi connectivity index (χ2v) is 8.12. The van der Waals surface area contributed by atoms with E-state index in [9.17, 15) is 0 Å². The molecule has 2 rings (SSSR count). The van der Waals surface area contributed by atoms with Crippen molar-refractivity contribution in [2.75, 3.05) is 53.4 Å². The number of quaternary nitrogens is 2. The molecule has 134 valence electrons. The van der Waals surface area contributed by atoms with E-state index in [1.807, 2.05) is 0 Å². The van der Waals surface area contributed by atoms with E-state index in [0.717, 1.165) is 0 Å². The molecule has 2 nitrogen and oxygen atoms in total. The summed E-state index contributed by atoms with van der Waals surface area (Å²) >= 11 is 0. The van der Waals surface area contributed by atoms with Gasteiger partial charge in [-0.1, -0.05) is 0 Å². The van der Waals surface area contributed by atoms with E-state index in [0.29, 0.717) is 0 Å². The molecular weight excluding hydrogens is 404 g/mol. The average molecular weight is 442 g/mol. The Morgan fingerprint density at radius 2 is 0.818 bits per heavy atom. The van der Waals surface area contributed by atoms with Crippen LogP contribution in [0.3, 0.4) is 0 Å². The maximum absolute atomic E-state index is 2.49. The first-order chi connectivity index (χ1) is 9.62. The van der Waals surface area contributed by atoms with Crippen LogP contribution >= 0.6 is 0 Å². The molecule has 0 atom stereocenters. The maximum atomic E-state index is 2.49. The van der Waals surface area contributed by atoms with Gasteiger partial charge in [-0.25, -0.2) is 0 Å². The van der Waals surface area contributed by atoms with Crippen LogP contribution in [0.4, 0.5) is 0 Å². The third-order valence-electron chi connectivity index (χ3n) is 5.94. The number of halogens is 2. The zero-order chi connectivity index (χ0) is 14.3. The lowest BCUT2D eigenvalue weighted by Crippen LogP contribution is -3.00. The van der Waals surface area contributed by atoms with Gasteiger partial charge in [0.1, 0.15) is 0 Å². The fourth-order valence-electron chi connectivity index (χ4n) is 4.34. The summed E-state index contributed by atoms with van der Waals surface area (Å²) in [5, 5.41) is 0. The molecule has 2 heterocycles. The minimum absolute atomic E-state index is 0. The van der Waals surface area contributed by atoms with Crippen LogP contribution in [-0.2, 0) is 0 Å². The molecule has 0 unspecified atom stereocenters. The van der Waals surface area contributed by atoms with E-state index < -0.39 is 0 Å². The highest BCUT2D eigenvalue weighted by atomic mass is 79.9. The molecule has 2 aliphatic heterocycles. The van der Waals surface area contributed by atoms with Crippen molar-refractivity contribution in [2.24, 2.45) is 0 Å². The van der Waals surface area contributed by atoms with Crippen LogP contribution in [0.2, 0.25) is 0 Å². The second kappa shape index (κ2) is 11.4. The zero-order valence-electron chi connectivity index (χ0n) is 15.0. The van der Waals surface area contributed by atoms with Crippen LogP contribution < -0.4 is 34.0 Å². The normalized spacial score (nSPS) is 23.2. The summed E-state index contributed by atoms with van der Waals surface area (Å²) < 4.78 is 2.74. The molecule has 0 spiro atoms. The molecule has 2 saturated heterocycles. The van der Waals surface area contributed by atoms with E-state index in [-0.39, 0.29) is 34.0 Å². The van der Waals surface area contributed by atoms with Crippen molar-refractivity contribution in [1.29, 1.82) is 0 Å². The maximum Gasteiger partial charge on any atom is 0.0784 e. The molecule has 0 aromatic rings. The van der Waals surface area contributed by atoms with Crippen LogP contribution in [0.1, 0.15) is 64.2 Å². The number of unbranched alkanes of at least 4 members (excludes halogenated alkanes) is 3. The van der Waals surface area contributed by atoms with Crippen molar-refractivity contribution in [3.8, 4) is 0 Å². The van der Waals surface area contributed by atoms with Gasteiger partial charge in [-0.05, 0) is 64.2 Å². The predicted molar refractivity (Wildman–Crippen MR) is 87.7 cm³/mol. The van der Waals surface area contributed by atoms with Crippen LogP contribution in [0.15, 0.2) is 0 Å². The highest BCUT2D eigenvalue weighted by molar-refractivity contribution is 4.54. The summed E-state index contributed by atoms with van der Waals surface area (Å²) in [6.07, 6.45) is 14.7. The van der Waals surface area contributed by atoms with Gasteiger partial charge in [-0.15, -0.1) is 0 Å². The summed E-state index contributed by atoms with van der Waals surface area (Å²) in [4.78, 5) is 0. The van der Waals surface area contributed by atoms with Crippen LogP contribution in [0.25, 0.3) is 0 Å². The molecule has 0 aromatic heterocycles. The number of hydrogen-bond donors (Lipinski definition) is 0. The van der Waals surface area contributed by atoms with Crippen molar-refractivity contribution < 1.29 is 42.9 Å². The minimum Gasteiger partial charge on any atom is -1.00 e. The van der Waals surface area contributed by atoms with Crippen LogP contribution in [0, 0.1) is 0 Å². The summed E-state index contributed by atoms with van der Waals surface area (Å²) in [6, 6.07) is 0. The van der Waals surface area contributed by atoms with Crippen molar-refractivity contribution in [1.82, 2.24) is 0 Å². The Hall–Kier alpha value is 0.880. The number of rotatable bonds is 7. The molecule has 4 heteroatoms. The fraction of sp³-hybridized carbons (Fsp3) is 1.00. The second-order valence-electron chi connectivity index (χ2n) is 8.12. The molecule has 0 N–H and O–H groups in total. The number of piperidine rings is 2. The Bertz CT molecular complexity index is 244. The Kier molecular flexibility index (Phi) is 11.9. The number of hydrogen-bond acceptors (Lipinski definition) is 0. The summed E-state index contributed by atoms with van der Waals surface area (Å²) in [7, 11) is 4.97. The molecule has 0 amide bonds. The van der Waals surface area contributed by atoms with Crippen molar-refractivity contribution in [2.45, 2.75) is 64.2 Å². The minimum atomic E-state index is 0. The van der Waals surface area contributed by atoms with Gasteiger partial charge in [-0.3, -0.25) is 0 Å². The van der Waals surface area contributed by atoms with Gasteiger partial charge in [0.05, 0.1) is 53.4 Å². The largest absolute Gasteiger partial charge is 1.00 e. The molecule has 2 fully saturated rings. The lowest BCUT2D eigenvalue weighted by Gasteiger charge is -2.38. The van der Waals surface area contributed by atoms with E-state index in [1.165, 1.54) is 112 Å². The van der Waals surface area contributed by atoms with Gasteiger partial charge in [0, 0.05) is 0 Å². The van der Waals surface area contributed by atoms with Gasteiger partial charge >= 0.3 is 0 Å². The third-order valence-corrected chi connectivity index (χ3v) is 5.94. The quantitative estimate of drug-likeness (QED) is 0.311. The zero-order valence-corrected chi connectivity index (χ0v) is 18.1. The van der Waals surface area contributed by atoms with Gasteiger partial charge in [0.15, 0.2) is 0 Å². The summed E-state index contributed by atoms with van der Waals surface area (Å²) in [5.41, 5.74) is 0. The Labute approximate surface area is 160 Å². The molecule has 22 heavy (non-hydrogen) atoms. The van der Waals surface area contributed by atoms with Crippen LogP contribution in [0.5, 0.6) is 0 Å². The SMILES string of the molecule is C[N+]1(CCCCCC[N+]2(C)CCCCC2)CCCCC1.[Br-].[Br-]. The van der Waals surface area contributed by atoms with Crippen molar-refractivity contribution in [3.05, 3.63) is 0 Å². The molecule has 0 aliphatic carbocycles. The first-order valence-corrected chi connectivity index (χ1v) is 9.29. The van der Waals surface area contributed by atoms with Gasteiger partial charge in [-0.2, -0.15) is 0 Å². The number of nitrogens with zero attached hydrogens (tertiary/aromatic N) is 2. The van der Waals surface area contributed by atoms with Gasteiger partial charge in [0.25, 0.3) is 0 Å². The smallest absolute Gasteiger partial charge is 0.0784 e. The Morgan fingerprint density at radius 3 is 1.14 bits per heavy atom. The average Bonchev–Trinajstić information content (AvgIpc) is 2.44. The standard InChI is InChI=1S/C18H38N2.2BrH/c1-19(15-9-5-10-16-19)13-7-3-4-8-14-20(2)17-11-6-12-18-20;;/h3-18H2,1-2H3;2*1H/q+2;;/p-2. The van der Waals surface area contributed by atoms with E-state index in [2.05, 4.69) is 14.1 Å². The molecule has 2 aliphatic rings. The van der Waals surface area contributed by atoms with E-state index >= 15 is 0 Å². The first kappa shape index (κ1) is 22.9. The monoisotopic (exact) mass is 440 g/mol. The fourth-order valence-corrected chi connectivity index (χ4v) is 4.34. The predicted octanol–water partition coefficient (Wildman–Crippen LogP) is -2.18.